The van der Waals surface area contributed by atoms with Crippen LogP contribution in [0, 0.1) is 27.8 Å². The summed E-state index contributed by atoms with van der Waals surface area (Å²) in [4.78, 5) is 47.9. The number of nitrogens with one attached hydrogen (secondary N) is 1. The van der Waals surface area contributed by atoms with E-state index in [1.165, 1.54) is 0 Å². The predicted molar refractivity (Wildman–Crippen MR) is 88.5 cm³/mol. The van der Waals surface area contributed by atoms with Crippen LogP contribution in [0.4, 0.5) is 15.8 Å². The molecule has 2 unspecified atom stereocenters. The summed E-state index contributed by atoms with van der Waals surface area (Å²) in [5.41, 5.74) is -0.660. The number of rotatable bonds is 5. The minimum absolute atomic E-state index is 0.0763. The van der Waals surface area contributed by atoms with Crippen molar-refractivity contribution in [2.24, 2.45) is 11.8 Å². The average molecular weight is 363 g/mol. The maximum atomic E-state index is 13.7. The number of nitro groups is 1. The number of nitro benzene ring substituents is 1. The predicted octanol–water partition coefficient (Wildman–Crippen LogP) is 2.24. The number of carbonyl (C=O) groups excluding carboxylic acids is 3. The van der Waals surface area contributed by atoms with Gasteiger partial charge in [-0.15, -0.1) is 0 Å². The first-order chi connectivity index (χ1) is 12.4. The van der Waals surface area contributed by atoms with Crippen molar-refractivity contribution in [3.63, 3.8) is 0 Å². The maximum Gasteiger partial charge on any atom is 0.271 e. The first kappa shape index (κ1) is 18.0. The fourth-order valence-electron chi connectivity index (χ4n) is 3.60. The van der Waals surface area contributed by atoms with Gasteiger partial charge in [-0.3, -0.25) is 29.4 Å². The summed E-state index contributed by atoms with van der Waals surface area (Å²) in [5, 5.41) is 13.0. The van der Waals surface area contributed by atoms with Crippen molar-refractivity contribution in [1.29, 1.82) is 0 Å². The van der Waals surface area contributed by atoms with E-state index in [2.05, 4.69) is 5.32 Å². The molecule has 1 aromatic carbocycles. The molecule has 8 nitrogen and oxygen atoms in total. The van der Waals surface area contributed by atoms with Gasteiger partial charge in [0.1, 0.15) is 5.82 Å². The number of benzene rings is 1. The lowest BCUT2D eigenvalue weighted by atomic mass is 9.81. The minimum atomic E-state index is -0.803. The number of hydrogen-bond donors (Lipinski definition) is 1. The lowest BCUT2D eigenvalue weighted by Crippen LogP contribution is -2.34. The molecule has 0 aromatic heterocycles. The summed E-state index contributed by atoms with van der Waals surface area (Å²) in [6, 6.07) is 2.81. The van der Waals surface area contributed by atoms with E-state index in [1.54, 1.807) is 0 Å². The fraction of sp³-hybridized carbons (Fsp3) is 0.471. The Hall–Kier alpha value is -2.84. The van der Waals surface area contributed by atoms with Crippen LogP contribution in [0.15, 0.2) is 18.2 Å². The van der Waals surface area contributed by atoms with E-state index >= 15 is 0 Å². The van der Waals surface area contributed by atoms with E-state index in [0.29, 0.717) is 12.8 Å². The molecule has 1 saturated carbocycles. The van der Waals surface area contributed by atoms with Gasteiger partial charge in [-0.25, -0.2) is 4.39 Å². The number of amides is 3. The molecule has 0 radical (unpaired) electrons. The Morgan fingerprint density at radius 1 is 1.23 bits per heavy atom. The molecule has 26 heavy (non-hydrogen) atoms. The normalized spacial score (nSPS) is 22.3. The van der Waals surface area contributed by atoms with E-state index in [9.17, 15) is 28.9 Å². The quantitative estimate of drug-likeness (QED) is 0.490. The molecule has 3 amide bonds. The maximum absolute atomic E-state index is 13.7. The van der Waals surface area contributed by atoms with Gasteiger partial charge in [-0.2, -0.15) is 0 Å². The third-order valence-electron chi connectivity index (χ3n) is 4.93. The van der Waals surface area contributed by atoms with Crippen LogP contribution in [0.3, 0.4) is 0 Å². The molecule has 1 heterocycles. The highest BCUT2D eigenvalue weighted by Crippen LogP contribution is 2.38. The molecule has 9 heteroatoms. The topological polar surface area (TPSA) is 110 Å². The van der Waals surface area contributed by atoms with Gasteiger partial charge >= 0.3 is 0 Å². The van der Waals surface area contributed by atoms with Gasteiger partial charge < -0.3 is 5.32 Å². The van der Waals surface area contributed by atoms with Crippen molar-refractivity contribution in [2.75, 3.05) is 11.9 Å². The van der Waals surface area contributed by atoms with Gasteiger partial charge in [0.05, 0.1) is 22.4 Å². The molecule has 2 fully saturated rings. The van der Waals surface area contributed by atoms with E-state index in [-0.39, 0.29) is 48.0 Å². The number of fused-ring (bicyclic) bond motifs is 1. The van der Waals surface area contributed by atoms with Crippen LogP contribution >= 0.6 is 0 Å². The molecule has 1 aliphatic heterocycles. The molecular formula is C17H18FN3O5. The van der Waals surface area contributed by atoms with Crippen molar-refractivity contribution in [1.82, 2.24) is 4.90 Å². The van der Waals surface area contributed by atoms with E-state index < -0.39 is 16.6 Å². The Kier molecular flexibility index (Phi) is 4.97. The lowest BCUT2D eigenvalue weighted by Gasteiger charge is -2.19. The second kappa shape index (κ2) is 7.19. The lowest BCUT2D eigenvalue weighted by molar-refractivity contribution is -0.384. The van der Waals surface area contributed by atoms with Crippen LogP contribution in [0.25, 0.3) is 0 Å². The van der Waals surface area contributed by atoms with Crippen LogP contribution in [0.5, 0.6) is 0 Å². The molecule has 1 aliphatic carbocycles. The Bertz CT molecular complexity index is 758. The summed E-state index contributed by atoms with van der Waals surface area (Å²) in [6.45, 7) is -0.0763. The van der Waals surface area contributed by atoms with Crippen molar-refractivity contribution in [3.8, 4) is 0 Å². The number of likely N-dealkylation sites (tertiary alicyclic amines) is 1. The zero-order chi connectivity index (χ0) is 18.8. The number of halogens is 1. The Balaban J connectivity index is 1.61. The summed E-state index contributed by atoms with van der Waals surface area (Å²) >= 11 is 0. The number of non-ortho nitro benzene ring substituents is 1. The van der Waals surface area contributed by atoms with E-state index in [0.717, 1.165) is 35.9 Å². The van der Waals surface area contributed by atoms with Gasteiger partial charge in [-0.05, 0) is 18.9 Å². The highest BCUT2D eigenvalue weighted by molar-refractivity contribution is 6.05. The smallest absolute Gasteiger partial charge is 0.271 e. The zero-order valence-corrected chi connectivity index (χ0v) is 13.9. The third-order valence-corrected chi connectivity index (χ3v) is 4.93. The summed E-state index contributed by atoms with van der Waals surface area (Å²) in [6.07, 6.45) is 3.02. The van der Waals surface area contributed by atoms with Crippen LogP contribution in [0.2, 0.25) is 0 Å². The highest BCUT2D eigenvalue weighted by Gasteiger charge is 2.47. The Morgan fingerprint density at radius 3 is 2.42 bits per heavy atom. The number of hydrogen-bond acceptors (Lipinski definition) is 5. The van der Waals surface area contributed by atoms with Gasteiger partial charge in [-0.1, -0.05) is 12.8 Å². The van der Waals surface area contributed by atoms with Crippen molar-refractivity contribution >= 4 is 29.1 Å². The molecule has 2 atom stereocenters. The summed E-state index contributed by atoms with van der Waals surface area (Å²) < 4.78 is 13.7. The minimum Gasteiger partial charge on any atom is -0.323 e. The van der Waals surface area contributed by atoms with Crippen LogP contribution in [-0.2, 0) is 14.4 Å². The molecule has 0 spiro atoms. The Labute approximate surface area is 148 Å². The average Bonchev–Trinajstić information content (AvgIpc) is 2.86. The molecule has 1 saturated heterocycles. The highest BCUT2D eigenvalue weighted by atomic mass is 19.1. The molecule has 2 aliphatic rings. The first-order valence-electron chi connectivity index (χ1n) is 8.47. The monoisotopic (exact) mass is 363 g/mol. The second-order valence-corrected chi connectivity index (χ2v) is 6.54. The van der Waals surface area contributed by atoms with Crippen LogP contribution in [0.1, 0.15) is 32.1 Å². The third kappa shape index (κ3) is 3.42. The molecule has 3 rings (SSSR count). The molecular weight excluding hydrogens is 345 g/mol. The first-order valence-corrected chi connectivity index (χ1v) is 8.47. The SMILES string of the molecule is O=C(CCN1C(=O)C2CCCCC2C1=O)Nc1cc([N+](=O)[O-])ccc1F. The second-order valence-electron chi connectivity index (χ2n) is 6.54. The molecule has 138 valence electrons. The standard InChI is InChI=1S/C17H18FN3O5/c18-13-6-5-10(21(25)26)9-14(13)19-15(22)7-8-20-16(23)11-3-1-2-4-12(11)17(20)24/h5-6,9,11-12H,1-4,7-8H2,(H,19,22). The van der Waals surface area contributed by atoms with Crippen LogP contribution < -0.4 is 5.32 Å². The fourth-order valence-corrected chi connectivity index (χ4v) is 3.60. The van der Waals surface area contributed by atoms with Gasteiger partial charge in [0.25, 0.3) is 5.69 Å². The molecule has 0 bridgehead atoms. The van der Waals surface area contributed by atoms with Gasteiger partial charge in [0.2, 0.25) is 17.7 Å². The van der Waals surface area contributed by atoms with Crippen LogP contribution in [-0.4, -0.2) is 34.1 Å². The summed E-state index contributed by atoms with van der Waals surface area (Å²) in [5.74, 6) is -2.48. The summed E-state index contributed by atoms with van der Waals surface area (Å²) in [7, 11) is 0. The number of anilines is 1. The number of carbonyl (C=O) groups is 3. The largest absolute Gasteiger partial charge is 0.323 e. The van der Waals surface area contributed by atoms with Crippen molar-refractivity contribution in [2.45, 2.75) is 32.1 Å². The van der Waals surface area contributed by atoms with Crippen molar-refractivity contribution < 1.29 is 23.7 Å². The molecule has 1 N–H and O–H groups in total. The number of nitrogens with zero attached hydrogens (tertiary/aromatic N) is 2. The van der Waals surface area contributed by atoms with E-state index in [1.807, 2.05) is 0 Å². The zero-order valence-electron chi connectivity index (χ0n) is 13.9. The molecule has 1 aromatic rings. The number of imide groups is 1. The van der Waals surface area contributed by atoms with Gasteiger partial charge in [0, 0.05) is 25.1 Å². The van der Waals surface area contributed by atoms with Crippen molar-refractivity contribution in [3.05, 3.63) is 34.1 Å². The Morgan fingerprint density at radius 2 is 1.85 bits per heavy atom. The van der Waals surface area contributed by atoms with E-state index in [4.69, 9.17) is 0 Å². The van der Waals surface area contributed by atoms with Gasteiger partial charge in [0.15, 0.2) is 0 Å².